The lowest BCUT2D eigenvalue weighted by Crippen LogP contribution is -2.03. The van der Waals surface area contributed by atoms with Crippen molar-refractivity contribution >= 4 is 27.6 Å². The van der Waals surface area contributed by atoms with Gasteiger partial charge < -0.3 is 9.84 Å². The number of ether oxygens (including phenoxy) is 1. The highest BCUT2D eigenvalue weighted by Gasteiger charge is 2.23. The number of hydrogen-bond donors (Lipinski definition) is 1. The molecule has 0 aliphatic carbocycles. The fraction of sp³-hybridized carbons (Fsp3) is 0.0714. The molecule has 0 saturated heterocycles. The molecule has 0 aliphatic heterocycles. The van der Waals surface area contributed by atoms with Gasteiger partial charge in [-0.05, 0) is 36.8 Å². The molecule has 0 aliphatic rings. The van der Waals surface area contributed by atoms with Crippen LogP contribution < -0.4 is 4.74 Å². The Morgan fingerprint density at radius 1 is 1.33 bits per heavy atom. The van der Waals surface area contributed by atoms with Gasteiger partial charge in [0.2, 0.25) is 5.75 Å². The summed E-state index contributed by atoms with van der Waals surface area (Å²) in [4.78, 5) is 21.6. The number of benzene rings is 2. The molecule has 108 valence electrons. The summed E-state index contributed by atoms with van der Waals surface area (Å²) in [7, 11) is 0. The average molecular weight is 352 g/mol. The van der Waals surface area contributed by atoms with Crippen molar-refractivity contribution in [1.29, 1.82) is 0 Å². The maximum atomic E-state index is 11.2. The number of hydrogen-bond acceptors (Lipinski definition) is 4. The lowest BCUT2D eigenvalue weighted by molar-refractivity contribution is -0.385. The van der Waals surface area contributed by atoms with E-state index in [-0.39, 0.29) is 11.3 Å². The van der Waals surface area contributed by atoms with Gasteiger partial charge in [-0.25, -0.2) is 4.79 Å². The number of carboxylic acids is 1. The first-order chi connectivity index (χ1) is 9.90. The third-order valence-electron chi connectivity index (χ3n) is 2.77. The van der Waals surface area contributed by atoms with Crippen LogP contribution in [0.5, 0.6) is 11.5 Å². The highest BCUT2D eigenvalue weighted by molar-refractivity contribution is 9.10. The Kier molecular flexibility index (Phi) is 4.23. The normalized spacial score (nSPS) is 10.2. The van der Waals surface area contributed by atoms with Gasteiger partial charge in [0.15, 0.2) is 0 Å². The maximum absolute atomic E-state index is 11.2. The number of aromatic carboxylic acids is 1. The first-order valence-corrected chi connectivity index (χ1v) is 6.64. The van der Waals surface area contributed by atoms with Gasteiger partial charge in [0, 0.05) is 10.5 Å². The number of aryl methyl sites for hydroxylation is 1. The molecule has 6 nitrogen and oxygen atoms in total. The summed E-state index contributed by atoms with van der Waals surface area (Å²) in [5.41, 5.74) is 0.211. The topological polar surface area (TPSA) is 89.7 Å². The summed E-state index contributed by atoms with van der Waals surface area (Å²) < 4.78 is 6.31. The van der Waals surface area contributed by atoms with Crippen molar-refractivity contribution in [2.24, 2.45) is 0 Å². The van der Waals surface area contributed by atoms with Gasteiger partial charge >= 0.3 is 11.7 Å². The summed E-state index contributed by atoms with van der Waals surface area (Å²) in [6, 6.07) is 8.75. The van der Waals surface area contributed by atoms with Crippen molar-refractivity contribution in [2.45, 2.75) is 6.92 Å². The third-order valence-corrected chi connectivity index (χ3v) is 3.66. The maximum Gasteiger partial charge on any atom is 0.339 e. The summed E-state index contributed by atoms with van der Waals surface area (Å²) in [5.74, 6) is -1.24. The standard InChI is InChI=1S/C14H10BrNO5/c1-8-7-9(5-6-11(8)15)21-13-10(14(17)18)3-2-4-12(13)16(19)20/h2-7H,1H3,(H,17,18). The van der Waals surface area contributed by atoms with E-state index >= 15 is 0 Å². The highest BCUT2D eigenvalue weighted by atomic mass is 79.9. The van der Waals surface area contributed by atoms with Crippen molar-refractivity contribution < 1.29 is 19.6 Å². The molecule has 2 aromatic rings. The highest BCUT2D eigenvalue weighted by Crippen LogP contribution is 2.35. The minimum absolute atomic E-state index is 0.259. The van der Waals surface area contributed by atoms with Crippen molar-refractivity contribution in [3.63, 3.8) is 0 Å². The molecule has 0 atom stereocenters. The van der Waals surface area contributed by atoms with Crippen LogP contribution in [0, 0.1) is 17.0 Å². The van der Waals surface area contributed by atoms with Gasteiger partial charge in [-0.2, -0.15) is 0 Å². The second kappa shape index (κ2) is 5.92. The van der Waals surface area contributed by atoms with E-state index in [1.54, 1.807) is 18.2 Å². The zero-order valence-electron chi connectivity index (χ0n) is 10.9. The van der Waals surface area contributed by atoms with Crippen LogP contribution in [0.4, 0.5) is 5.69 Å². The molecule has 0 heterocycles. The Balaban J connectivity index is 2.53. The van der Waals surface area contributed by atoms with E-state index in [0.29, 0.717) is 5.75 Å². The van der Waals surface area contributed by atoms with E-state index in [9.17, 15) is 14.9 Å². The van der Waals surface area contributed by atoms with Gasteiger partial charge in [0.05, 0.1) is 4.92 Å². The molecule has 21 heavy (non-hydrogen) atoms. The van der Waals surface area contributed by atoms with Crippen LogP contribution >= 0.6 is 15.9 Å². The number of rotatable bonds is 4. The second-order valence-electron chi connectivity index (χ2n) is 4.23. The average Bonchev–Trinajstić information content (AvgIpc) is 2.42. The van der Waals surface area contributed by atoms with Gasteiger partial charge in [-0.1, -0.05) is 22.0 Å². The zero-order valence-corrected chi connectivity index (χ0v) is 12.5. The summed E-state index contributed by atoms with van der Waals surface area (Å²) in [6.07, 6.45) is 0. The molecule has 0 bridgehead atoms. The summed E-state index contributed by atoms with van der Waals surface area (Å²) >= 11 is 3.33. The smallest absolute Gasteiger partial charge is 0.339 e. The molecule has 0 unspecified atom stereocenters. The predicted molar refractivity (Wildman–Crippen MR) is 79.0 cm³/mol. The molecular formula is C14H10BrNO5. The van der Waals surface area contributed by atoms with Crippen molar-refractivity contribution in [2.75, 3.05) is 0 Å². The fourth-order valence-electron chi connectivity index (χ4n) is 1.74. The van der Waals surface area contributed by atoms with E-state index in [0.717, 1.165) is 10.0 Å². The molecule has 0 saturated carbocycles. The molecule has 2 aromatic carbocycles. The number of nitrogens with zero attached hydrogens (tertiary/aromatic N) is 1. The van der Waals surface area contributed by atoms with Crippen LogP contribution in [0.15, 0.2) is 40.9 Å². The molecule has 0 radical (unpaired) electrons. The SMILES string of the molecule is Cc1cc(Oc2c(C(=O)O)cccc2[N+](=O)[O-])ccc1Br. The largest absolute Gasteiger partial charge is 0.478 e. The van der Waals surface area contributed by atoms with Crippen LogP contribution in [-0.4, -0.2) is 16.0 Å². The van der Waals surface area contributed by atoms with Crippen LogP contribution in [0.25, 0.3) is 0 Å². The molecule has 0 spiro atoms. The zero-order chi connectivity index (χ0) is 15.6. The Labute approximate surface area is 128 Å². The van der Waals surface area contributed by atoms with Crippen LogP contribution in [0.2, 0.25) is 0 Å². The molecule has 0 amide bonds. The number of carbonyl (C=O) groups is 1. The van der Waals surface area contributed by atoms with E-state index in [4.69, 9.17) is 9.84 Å². The van der Waals surface area contributed by atoms with Gasteiger partial charge in [0.1, 0.15) is 11.3 Å². The Morgan fingerprint density at radius 3 is 2.62 bits per heavy atom. The number of halogens is 1. The van der Waals surface area contributed by atoms with Crippen molar-refractivity contribution in [1.82, 2.24) is 0 Å². The monoisotopic (exact) mass is 351 g/mol. The Hall–Kier alpha value is -2.41. The molecule has 0 fully saturated rings. The van der Waals surface area contributed by atoms with E-state index in [1.807, 2.05) is 6.92 Å². The van der Waals surface area contributed by atoms with Crippen LogP contribution in [0.3, 0.4) is 0 Å². The van der Waals surface area contributed by atoms with E-state index in [1.165, 1.54) is 18.2 Å². The quantitative estimate of drug-likeness (QED) is 0.659. The van der Waals surface area contributed by atoms with Crippen LogP contribution in [0.1, 0.15) is 15.9 Å². The number of nitro groups is 1. The van der Waals surface area contributed by atoms with E-state index < -0.39 is 16.6 Å². The van der Waals surface area contributed by atoms with Crippen molar-refractivity contribution in [3.8, 4) is 11.5 Å². The Morgan fingerprint density at radius 2 is 2.05 bits per heavy atom. The van der Waals surface area contributed by atoms with Gasteiger partial charge in [-0.15, -0.1) is 0 Å². The second-order valence-corrected chi connectivity index (χ2v) is 5.08. The summed E-state index contributed by atoms with van der Waals surface area (Å²) in [5, 5.41) is 20.2. The lowest BCUT2D eigenvalue weighted by atomic mass is 10.1. The Bertz CT molecular complexity index is 697. The molecule has 0 aromatic heterocycles. The molecule has 7 heteroatoms. The molecule has 1 N–H and O–H groups in total. The predicted octanol–water partition coefficient (Wildman–Crippen LogP) is 4.16. The van der Waals surface area contributed by atoms with Gasteiger partial charge in [0.25, 0.3) is 0 Å². The van der Waals surface area contributed by atoms with Crippen LogP contribution in [-0.2, 0) is 0 Å². The first kappa shape index (κ1) is 15.0. The number of para-hydroxylation sites is 1. The first-order valence-electron chi connectivity index (χ1n) is 5.85. The minimum atomic E-state index is -1.29. The third kappa shape index (κ3) is 3.19. The van der Waals surface area contributed by atoms with E-state index in [2.05, 4.69) is 15.9 Å². The fourth-order valence-corrected chi connectivity index (χ4v) is 1.99. The number of nitro benzene ring substituents is 1. The number of carboxylic acid groups (broad SMARTS) is 1. The van der Waals surface area contributed by atoms with Gasteiger partial charge in [-0.3, -0.25) is 10.1 Å². The molecule has 2 rings (SSSR count). The lowest BCUT2D eigenvalue weighted by Gasteiger charge is -2.10. The summed E-state index contributed by atoms with van der Waals surface area (Å²) in [6.45, 7) is 1.83. The van der Waals surface area contributed by atoms with Crippen molar-refractivity contribution in [3.05, 3.63) is 62.1 Å². The molecular weight excluding hydrogens is 342 g/mol. The minimum Gasteiger partial charge on any atom is -0.478 e.